The number of rotatable bonds is 0. The Hall–Kier alpha value is 2.54. The number of hydrogen-bond donors (Lipinski definition) is 1. The van der Waals surface area contributed by atoms with Crippen molar-refractivity contribution in [1.82, 2.24) is 0 Å². The van der Waals surface area contributed by atoms with Gasteiger partial charge in [-0.25, -0.2) is 0 Å². The van der Waals surface area contributed by atoms with Crippen molar-refractivity contribution in [2.75, 3.05) is 0 Å². The molecule has 0 bridgehead atoms. The van der Waals surface area contributed by atoms with Gasteiger partial charge in [-0.2, -0.15) is 0 Å². The normalized spacial score (nSPS) is 6.00. The fourth-order valence-electron chi connectivity index (χ4n) is 0. The van der Waals surface area contributed by atoms with Gasteiger partial charge in [-0.3, -0.25) is 0 Å². The van der Waals surface area contributed by atoms with Gasteiger partial charge in [0, 0.05) is 0 Å². The third kappa shape index (κ3) is 31.1. The SMILES string of the molecule is [Cl-].[K+].[O-][I+2]([O-])O. The Labute approximate surface area is 93.0 Å². The molecule has 3 nitrogen and oxygen atoms in total. The van der Waals surface area contributed by atoms with Crippen molar-refractivity contribution in [3.8, 4) is 0 Å². The summed E-state index contributed by atoms with van der Waals surface area (Å²) in [6, 6.07) is 0. The number of hydrogen-bond acceptors (Lipinski definition) is 3. The molecule has 0 aliphatic carbocycles. The summed E-state index contributed by atoms with van der Waals surface area (Å²) < 4.78 is 24.5. The maximum absolute atomic E-state index is 8.68. The van der Waals surface area contributed by atoms with E-state index in [9.17, 15) is 0 Å². The molecule has 0 heterocycles. The molecule has 0 saturated carbocycles. The molecule has 0 aromatic heterocycles. The van der Waals surface area contributed by atoms with Crippen LogP contribution in [0, 0.1) is 0 Å². The smallest absolute Gasteiger partial charge is 1.00 e. The molecule has 6 heteroatoms. The Bertz CT molecular complexity index is 15.5. The van der Waals surface area contributed by atoms with Crippen LogP contribution in [0.2, 0.25) is 0 Å². The third-order valence-corrected chi connectivity index (χ3v) is 0. The molecule has 1 N–H and O–H groups in total. The van der Waals surface area contributed by atoms with Crippen LogP contribution in [-0.4, -0.2) is 3.44 Å². The fraction of sp³-hybridized carbons (Fsp3) is 0. The summed E-state index contributed by atoms with van der Waals surface area (Å²) in [7, 11) is 0. The minimum absolute atomic E-state index is 0. The maximum Gasteiger partial charge on any atom is 1.00 e. The Morgan fingerprint density at radius 2 is 1.33 bits per heavy atom. The van der Waals surface area contributed by atoms with Gasteiger partial charge in [0.15, 0.2) is 0 Å². The van der Waals surface area contributed by atoms with Gasteiger partial charge in [-0.05, 0) is 3.44 Å². The second-order valence-corrected chi connectivity index (χ2v) is 1.35. The van der Waals surface area contributed by atoms with Gasteiger partial charge in [0.1, 0.15) is 0 Å². The summed E-state index contributed by atoms with van der Waals surface area (Å²) >= 11 is -3.76. The molecule has 0 unspecified atom stereocenters. The summed E-state index contributed by atoms with van der Waals surface area (Å²) in [4.78, 5) is 0. The van der Waals surface area contributed by atoms with Crippen molar-refractivity contribution in [1.29, 1.82) is 0 Å². The molecule has 0 aromatic rings. The molecular formula is HClIKO3. The summed E-state index contributed by atoms with van der Waals surface area (Å²) in [5, 5.41) is 0. The average Bonchev–Trinajstić information content (AvgIpc) is 0.811. The minimum atomic E-state index is -3.76. The molecule has 0 aromatic carbocycles. The minimum Gasteiger partial charge on any atom is -1.00 e. The van der Waals surface area contributed by atoms with E-state index in [1.54, 1.807) is 0 Å². The van der Waals surface area contributed by atoms with Crippen molar-refractivity contribution < 1.29 is 95.2 Å². The zero-order chi connectivity index (χ0) is 3.58. The Morgan fingerprint density at radius 3 is 1.33 bits per heavy atom. The Balaban J connectivity index is -0.0000000450. The first-order valence-corrected chi connectivity index (χ1v) is 3.20. The van der Waals surface area contributed by atoms with E-state index in [-0.39, 0.29) is 63.8 Å². The molecule has 0 radical (unpaired) electrons. The monoisotopic (exact) mass is 250 g/mol. The molecule has 6 heavy (non-hydrogen) atoms. The van der Waals surface area contributed by atoms with Crippen molar-refractivity contribution >= 4 is 0 Å². The van der Waals surface area contributed by atoms with E-state index in [0.29, 0.717) is 0 Å². The first kappa shape index (κ1) is 15.8. The van der Waals surface area contributed by atoms with Gasteiger partial charge in [0.25, 0.3) is 0 Å². The van der Waals surface area contributed by atoms with E-state index in [0.717, 1.165) is 0 Å². The van der Waals surface area contributed by atoms with Crippen LogP contribution in [0.1, 0.15) is 0 Å². The van der Waals surface area contributed by atoms with Crippen LogP contribution in [0.4, 0.5) is 0 Å². The van der Waals surface area contributed by atoms with Crippen molar-refractivity contribution in [2.45, 2.75) is 0 Å². The van der Waals surface area contributed by atoms with Gasteiger partial charge >= 0.3 is 72.4 Å². The van der Waals surface area contributed by atoms with Crippen LogP contribution in [0.3, 0.4) is 0 Å². The molecule has 0 spiro atoms. The zero-order valence-electron chi connectivity index (χ0n) is 3.02. The zero-order valence-corrected chi connectivity index (χ0v) is 9.06. The quantitative estimate of drug-likeness (QED) is 0.343. The van der Waals surface area contributed by atoms with Crippen LogP contribution < -0.4 is 91.7 Å². The molecule has 0 amide bonds. The van der Waals surface area contributed by atoms with Crippen LogP contribution in [-0.2, 0) is 0 Å². The Morgan fingerprint density at radius 1 is 1.33 bits per heavy atom. The predicted molar refractivity (Wildman–Crippen MR) is 2.22 cm³/mol. The number of halogens is 2. The van der Waals surface area contributed by atoms with Crippen molar-refractivity contribution in [2.24, 2.45) is 0 Å². The van der Waals surface area contributed by atoms with E-state index in [2.05, 4.69) is 0 Å². The van der Waals surface area contributed by atoms with E-state index in [1.807, 2.05) is 0 Å². The second-order valence-electron chi connectivity index (χ2n) is 0.201. The van der Waals surface area contributed by atoms with E-state index < -0.39 is 21.1 Å². The molecule has 0 atom stereocenters. The second kappa shape index (κ2) is 10.5. The first-order valence-electron chi connectivity index (χ1n) is 0.478. The summed E-state index contributed by atoms with van der Waals surface area (Å²) in [6.07, 6.45) is 0. The van der Waals surface area contributed by atoms with E-state index in [4.69, 9.17) is 10.3 Å². The molecule has 0 fully saturated rings. The molecule has 0 rings (SSSR count). The molecule has 0 saturated heterocycles. The first-order chi connectivity index (χ1) is 1.73. The van der Waals surface area contributed by atoms with Crippen molar-refractivity contribution in [3.63, 3.8) is 0 Å². The van der Waals surface area contributed by atoms with Crippen LogP contribution in [0.15, 0.2) is 0 Å². The van der Waals surface area contributed by atoms with Crippen LogP contribution in [0.25, 0.3) is 0 Å². The fourth-order valence-corrected chi connectivity index (χ4v) is 0. The standard InChI is InChI=1S/ClH.HIO3.K/c;2-1(3)4;/h1H;2H;/q;;+1/p-1. The van der Waals surface area contributed by atoms with Crippen LogP contribution >= 0.6 is 0 Å². The van der Waals surface area contributed by atoms with Gasteiger partial charge in [0.05, 0.1) is 0 Å². The summed E-state index contributed by atoms with van der Waals surface area (Å²) in [6.45, 7) is 0. The predicted octanol–water partition coefficient (Wildman–Crippen LogP) is -11.9. The van der Waals surface area contributed by atoms with E-state index in [1.165, 1.54) is 0 Å². The summed E-state index contributed by atoms with van der Waals surface area (Å²) in [5.74, 6) is 0. The third-order valence-electron chi connectivity index (χ3n) is 0. The van der Waals surface area contributed by atoms with Crippen molar-refractivity contribution in [3.05, 3.63) is 0 Å². The molecule has 0 aliphatic heterocycles. The average molecular weight is 250 g/mol. The molecule has 34 valence electrons. The van der Waals surface area contributed by atoms with Gasteiger partial charge < -0.3 is 19.3 Å². The summed E-state index contributed by atoms with van der Waals surface area (Å²) in [5.41, 5.74) is 0. The largest absolute Gasteiger partial charge is 1.00 e. The topological polar surface area (TPSA) is 66.3 Å². The molecular weight excluding hydrogens is 249 g/mol. The molecule has 0 aliphatic rings. The van der Waals surface area contributed by atoms with Gasteiger partial charge in [-0.15, -0.1) is 0 Å². The maximum atomic E-state index is 8.68. The Kier molecular flexibility index (Phi) is 27.7. The van der Waals surface area contributed by atoms with Gasteiger partial charge in [-0.1, -0.05) is 0 Å². The van der Waals surface area contributed by atoms with Gasteiger partial charge in [0.2, 0.25) is 0 Å². The van der Waals surface area contributed by atoms with Crippen LogP contribution in [0.5, 0.6) is 0 Å². The van der Waals surface area contributed by atoms with E-state index >= 15 is 0 Å².